The molecule has 1 radical (unpaired) electrons. The summed E-state index contributed by atoms with van der Waals surface area (Å²) in [5.74, 6) is -16.7. The Morgan fingerprint density at radius 1 is 0.630 bits per heavy atom. The quantitative estimate of drug-likeness (QED) is 0.0409. The number of hydrogen-bond donors (Lipinski definition) is 0. The minimum Gasteiger partial charge on any atom is -0.539 e. The van der Waals surface area contributed by atoms with Gasteiger partial charge >= 0.3 is 0 Å². The van der Waals surface area contributed by atoms with Crippen molar-refractivity contribution in [3.8, 4) is 5.75 Å². The zero-order chi connectivity index (χ0) is 34.0. The van der Waals surface area contributed by atoms with E-state index in [9.17, 15) is 13.2 Å². The van der Waals surface area contributed by atoms with E-state index >= 15 is 22.0 Å². The number of benzene rings is 3. The van der Waals surface area contributed by atoms with Crippen LogP contribution in [0.5, 0.6) is 5.75 Å². The number of rotatable bonds is 14. The molecule has 1 unspecified atom stereocenters. The maximum absolute atomic E-state index is 16.2. The van der Waals surface area contributed by atoms with Crippen molar-refractivity contribution in [2.45, 2.75) is 134 Å². The summed E-state index contributed by atoms with van der Waals surface area (Å²) in [4.78, 5) is 0. The van der Waals surface area contributed by atoms with Gasteiger partial charge in [-0.2, -0.15) is 4.39 Å². The fraction of sp³-hybridized carbons (Fsp3) is 0.600. The molecule has 255 valence electrons. The van der Waals surface area contributed by atoms with E-state index in [4.69, 9.17) is 4.43 Å². The van der Waals surface area contributed by atoms with Gasteiger partial charge in [-0.15, -0.1) is 0 Å². The largest absolute Gasteiger partial charge is 0.539 e. The minimum absolute atomic E-state index is 0.00133. The van der Waals surface area contributed by atoms with Gasteiger partial charge in [0.25, 0.3) is 8.32 Å². The minimum atomic E-state index is -3.16. The fourth-order valence-electron chi connectivity index (χ4n) is 7.84. The van der Waals surface area contributed by atoms with Crippen LogP contribution in [0.4, 0.5) is 35.1 Å². The third-order valence-electron chi connectivity index (χ3n) is 11.1. The topological polar surface area (TPSA) is 9.23 Å². The van der Waals surface area contributed by atoms with E-state index in [2.05, 4.69) is 20.8 Å². The Labute approximate surface area is 269 Å². The molecule has 0 bridgehead atoms. The molecule has 1 saturated carbocycles. The third kappa shape index (κ3) is 6.60. The van der Waals surface area contributed by atoms with Crippen LogP contribution in [0.2, 0.25) is 41.3 Å². The Balaban J connectivity index is 1.76. The smallest absolute Gasteiger partial charge is 0.257 e. The first kappa shape index (κ1) is 36.7. The Kier molecular flexibility index (Phi) is 11.9. The monoisotopic (exact) mass is 689 g/mol. The molecule has 0 heterocycles. The molecule has 1 nitrogen and oxygen atoms in total. The molecule has 4 rings (SSSR count). The zero-order valence-corrected chi connectivity index (χ0v) is 29.5. The van der Waals surface area contributed by atoms with Gasteiger partial charge in [0.1, 0.15) is 11.6 Å². The summed E-state index contributed by atoms with van der Waals surface area (Å²) < 4.78 is 128. The Morgan fingerprint density at radius 3 is 1.74 bits per heavy atom. The van der Waals surface area contributed by atoms with Crippen molar-refractivity contribution in [1.82, 2.24) is 0 Å². The molecular formula is C35H45F8OSi2. The van der Waals surface area contributed by atoms with E-state index in [1.54, 1.807) is 0 Å². The highest BCUT2D eigenvalue weighted by atomic mass is 28.4. The van der Waals surface area contributed by atoms with Gasteiger partial charge < -0.3 is 4.43 Å². The van der Waals surface area contributed by atoms with Crippen LogP contribution in [0.3, 0.4) is 0 Å². The number of hydrogen-bond acceptors (Lipinski definition) is 1. The molecule has 1 fully saturated rings. The summed E-state index contributed by atoms with van der Waals surface area (Å²) in [5, 5.41) is -5.63. The van der Waals surface area contributed by atoms with Crippen molar-refractivity contribution in [3.05, 3.63) is 52.6 Å². The fourth-order valence-corrected chi connectivity index (χ4v) is 16.6. The van der Waals surface area contributed by atoms with Gasteiger partial charge in [-0.05, 0) is 30.0 Å². The normalized spacial score (nSPS) is 16.1. The molecule has 3 aromatic rings. The summed E-state index contributed by atoms with van der Waals surface area (Å²) in [6.45, 7) is 10.7. The van der Waals surface area contributed by atoms with Crippen molar-refractivity contribution in [2.24, 2.45) is 0 Å². The molecular weight excluding hydrogens is 645 g/mol. The second kappa shape index (κ2) is 15.0. The second-order valence-electron chi connectivity index (χ2n) is 13.5. The van der Waals surface area contributed by atoms with Crippen LogP contribution in [-0.2, 0) is 0 Å². The molecule has 0 N–H and O–H groups in total. The van der Waals surface area contributed by atoms with Gasteiger partial charge in [-0.25, -0.2) is 30.7 Å². The van der Waals surface area contributed by atoms with Crippen LogP contribution >= 0.6 is 0 Å². The Morgan fingerprint density at radius 2 is 1.17 bits per heavy atom. The summed E-state index contributed by atoms with van der Waals surface area (Å²) in [5.41, 5.74) is -0.155. The first-order valence-electron chi connectivity index (χ1n) is 16.9. The molecule has 1 aliphatic rings. The highest BCUT2D eigenvalue weighted by molar-refractivity contribution is 6.79. The molecule has 11 heteroatoms. The van der Waals surface area contributed by atoms with E-state index in [-0.39, 0.29) is 11.1 Å². The van der Waals surface area contributed by atoms with E-state index in [1.807, 2.05) is 13.8 Å². The first-order valence-corrected chi connectivity index (χ1v) is 22.0. The lowest BCUT2D eigenvalue weighted by molar-refractivity contribution is 0.376. The lowest BCUT2D eigenvalue weighted by Gasteiger charge is -2.43. The molecule has 0 amide bonds. The number of fused-ring (bicyclic) bond motifs is 2. The Bertz CT molecular complexity index is 1540. The van der Waals surface area contributed by atoms with E-state index in [0.29, 0.717) is 6.04 Å². The predicted molar refractivity (Wildman–Crippen MR) is 174 cm³/mol. The molecule has 0 aliphatic heterocycles. The molecule has 46 heavy (non-hydrogen) atoms. The van der Waals surface area contributed by atoms with Crippen molar-refractivity contribution < 1.29 is 39.5 Å². The van der Waals surface area contributed by atoms with Crippen LogP contribution in [0.25, 0.3) is 21.5 Å². The van der Waals surface area contributed by atoms with Gasteiger partial charge in [0, 0.05) is 11.5 Å². The average molecular weight is 690 g/mol. The van der Waals surface area contributed by atoms with Crippen molar-refractivity contribution in [2.75, 3.05) is 0 Å². The summed E-state index contributed by atoms with van der Waals surface area (Å²) >= 11 is 0. The average Bonchev–Trinajstić information content (AvgIpc) is 3.05. The molecule has 1 atom stereocenters. The van der Waals surface area contributed by atoms with Crippen LogP contribution in [0, 0.1) is 52.6 Å². The van der Waals surface area contributed by atoms with Crippen LogP contribution < -0.4 is 4.43 Å². The molecule has 0 spiro atoms. The Hall–Kier alpha value is -2.15. The standard InChI is InChI=1S/C35H45F8OSi2/c1-6-45(7-2,8-3)18-14-9-10-15-19-46(21(4)5,22-16-12-11-13-17-22)44-35-33(42)27-26(32(41)34(35)43)28(37)23-20-24(36)29(38)31(40)25(23)30(27)39/h21-22H,6-19H2,1-5H3. The lowest BCUT2D eigenvalue weighted by Crippen LogP contribution is -2.50. The SMILES string of the molecule is CC[Si](CC)(CC)CCCCCC[Si](Oc1c(F)c(F)c2c(F)c3[c]c(F)c(F)c(F)c3c(F)c2c1F)(C(C)C)C1CCCCC1. The maximum Gasteiger partial charge on any atom is 0.257 e. The van der Waals surface area contributed by atoms with Crippen molar-refractivity contribution >= 4 is 37.9 Å². The second-order valence-corrected chi connectivity index (χ2v) is 23.7. The predicted octanol–water partition coefficient (Wildman–Crippen LogP) is 13.0. The third-order valence-corrected chi connectivity index (χ3v) is 22.6. The van der Waals surface area contributed by atoms with E-state index in [1.165, 1.54) is 30.2 Å². The number of halogens is 8. The summed E-state index contributed by atoms with van der Waals surface area (Å²) in [7, 11) is -4.40. The van der Waals surface area contributed by atoms with Gasteiger partial charge in [0.15, 0.2) is 34.8 Å². The molecule has 0 aromatic heterocycles. The van der Waals surface area contributed by atoms with Crippen LogP contribution in [-0.4, -0.2) is 16.4 Å². The number of unbranched alkanes of at least 4 members (excludes halogenated alkanes) is 3. The van der Waals surface area contributed by atoms with Crippen molar-refractivity contribution in [1.29, 1.82) is 0 Å². The molecule has 0 saturated heterocycles. The molecule has 1 aliphatic carbocycles. The van der Waals surface area contributed by atoms with Crippen LogP contribution in [0.1, 0.15) is 92.4 Å². The molecule has 3 aromatic carbocycles. The van der Waals surface area contributed by atoms with Crippen molar-refractivity contribution in [3.63, 3.8) is 0 Å². The highest BCUT2D eigenvalue weighted by Crippen LogP contribution is 2.49. The zero-order valence-electron chi connectivity index (χ0n) is 27.5. The lowest BCUT2D eigenvalue weighted by atomic mass is 9.99. The van der Waals surface area contributed by atoms with Gasteiger partial charge in [0.05, 0.1) is 24.2 Å². The summed E-state index contributed by atoms with van der Waals surface area (Å²) in [6, 6.07) is 7.09. The van der Waals surface area contributed by atoms with Crippen LogP contribution in [0.15, 0.2) is 0 Å². The van der Waals surface area contributed by atoms with Gasteiger partial charge in [0.2, 0.25) is 5.82 Å². The van der Waals surface area contributed by atoms with E-state index < -0.39 is 90.2 Å². The maximum atomic E-state index is 16.2. The van der Waals surface area contributed by atoms with E-state index in [0.717, 1.165) is 57.8 Å². The first-order chi connectivity index (χ1) is 21.8. The van der Waals surface area contributed by atoms with Gasteiger partial charge in [-0.1, -0.05) is 104 Å². The van der Waals surface area contributed by atoms with Gasteiger partial charge in [-0.3, -0.25) is 0 Å². The highest BCUT2D eigenvalue weighted by Gasteiger charge is 2.49. The summed E-state index contributed by atoms with van der Waals surface area (Å²) in [6.07, 6.45) is 8.19.